The van der Waals surface area contributed by atoms with E-state index in [1.807, 2.05) is 30.3 Å². The minimum atomic E-state index is -0.434. The molecule has 0 aliphatic heterocycles. The molecule has 104 valence electrons. The smallest absolute Gasteiger partial charge is 0.119 e. The number of aryl methyl sites for hydroxylation is 1. The third kappa shape index (κ3) is 1.95. The van der Waals surface area contributed by atoms with Crippen molar-refractivity contribution in [3.05, 3.63) is 59.2 Å². The van der Waals surface area contributed by atoms with Crippen LogP contribution < -0.4 is 15.2 Å². The molecule has 2 N–H and O–H groups in total. The molecule has 0 fully saturated rings. The van der Waals surface area contributed by atoms with Gasteiger partial charge in [0.05, 0.1) is 19.8 Å². The first kappa shape index (κ1) is 13.0. The van der Waals surface area contributed by atoms with Gasteiger partial charge in [-0.15, -0.1) is 0 Å². The van der Waals surface area contributed by atoms with E-state index < -0.39 is 5.54 Å². The summed E-state index contributed by atoms with van der Waals surface area (Å²) in [6, 6.07) is 14.2. The van der Waals surface area contributed by atoms with E-state index in [-0.39, 0.29) is 0 Å². The van der Waals surface area contributed by atoms with Crippen LogP contribution in [0.2, 0.25) is 0 Å². The van der Waals surface area contributed by atoms with Gasteiger partial charge in [-0.25, -0.2) is 0 Å². The molecule has 0 saturated carbocycles. The first-order valence-electron chi connectivity index (χ1n) is 6.78. The van der Waals surface area contributed by atoms with Crippen molar-refractivity contribution in [3.63, 3.8) is 0 Å². The largest absolute Gasteiger partial charge is 0.497 e. The Hall–Kier alpha value is -2.00. The zero-order valence-electron chi connectivity index (χ0n) is 11.8. The predicted molar refractivity (Wildman–Crippen MR) is 79.3 cm³/mol. The monoisotopic (exact) mass is 269 g/mol. The molecular weight excluding hydrogens is 250 g/mol. The standard InChI is InChI=1S/C17H19NO2/c1-19-14-7-4-13(5-8-14)17(18)10-9-12-3-6-15(20-2)11-16(12)17/h3-8,11H,9-10,18H2,1-2H3. The van der Waals surface area contributed by atoms with E-state index in [2.05, 4.69) is 12.1 Å². The second-order valence-electron chi connectivity index (χ2n) is 5.22. The summed E-state index contributed by atoms with van der Waals surface area (Å²) in [6.45, 7) is 0. The van der Waals surface area contributed by atoms with Gasteiger partial charge in [0.2, 0.25) is 0 Å². The summed E-state index contributed by atoms with van der Waals surface area (Å²) >= 11 is 0. The van der Waals surface area contributed by atoms with Gasteiger partial charge in [-0.3, -0.25) is 0 Å². The van der Waals surface area contributed by atoms with Gasteiger partial charge in [-0.2, -0.15) is 0 Å². The summed E-state index contributed by atoms with van der Waals surface area (Å²) in [6.07, 6.45) is 1.92. The summed E-state index contributed by atoms with van der Waals surface area (Å²) < 4.78 is 10.5. The second kappa shape index (κ2) is 4.84. The van der Waals surface area contributed by atoms with E-state index in [0.29, 0.717) is 0 Å². The van der Waals surface area contributed by atoms with Gasteiger partial charge in [-0.05, 0) is 53.8 Å². The van der Waals surface area contributed by atoms with E-state index in [4.69, 9.17) is 15.2 Å². The van der Waals surface area contributed by atoms with Crippen molar-refractivity contribution in [1.82, 2.24) is 0 Å². The summed E-state index contributed by atoms with van der Waals surface area (Å²) in [5.74, 6) is 1.70. The molecule has 0 heterocycles. The molecular formula is C17H19NO2. The Kier molecular flexibility index (Phi) is 3.14. The average Bonchev–Trinajstić information content (AvgIpc) is 2.85. The SMILES string of the molecule is COc1ccc(C2(N)CCc3ccc(OC)cc32)cc1. The molecule has 1 aliphatic carbocycles. The van der Waals surface area contributed by atoms with E-state index in [9.17, 15) is 0 Å². The maximum absolute atomic E-state index is 6.71. The van der Waals surface area contributed by atoms with Crippen molar-refractivity contribution in [2.45, 2.75) is 18.4 Å². The molecule has 1 atom stereocenters. The van der Waals surface area contributed by atoms with Crippen molar-refractivity contribution in [2.75, 3.05) is 14.2 Å². The second-order valence-corrected chi connectivity index (χ2v) is 5.22. The number of rotatable bonds is 3. The van der Waals surface area contributed by atoms with Crippen LogP contribution in [0.3, 0.4) is 0 Å². The molecule has 3 rings (SSSR count). The van der Waals surface area contributed by atoms with E-state index in [1.54, 1.807) is 14.2 Å². The molecule has 2 aromatic rings. The van der Waals surface area contributed by atoms with Crippen LogP contribution >= 0.6 is 0 Å². The minimum Gasteiger partial charge on any atom is -0.497 e. The Morgan fingerprint density at radius 2 is 1.60 bits per heavy atom. The van der Waals surface area contributed by atoms with E-state index >= 15 is 0 Å². The molecule has 0 saturated heterocycles. The van der Waals surface area contributed by atoms with Gasteiger partial charge in [0, 0.05) is 0 Å². The molecule has 3 nitrogen and oxygen atoms in total. The van der Waals surface area contributed by atoms with Crippen molar-refractivity contribution in [3.8, 4) is 11.5 Å². The Morgan fingerprint density at radius 1 is 0.950 bits per heavy atom. The van der Waals surface area contributed by atoms with Gasteiger partial charge in [0.1, 0.15) is 11.5 Å². The Bertz CT molecular complexity index is 621. The fourth-order valence-corrected chi connectivity index (χ4v) is 2.97. The van der Waals surface area contributed by atoms with Gasteiger partial charge in [0.15, 0.2) is 0 Å². The van der Waals surface area contributed by atoms with Crippen LogP contribution in [-0.4, -0.2) is 14.2 Å². The lowest BCUT2D eigenvalue weighted by Crippen LogP contribution is -2.35. The fraction of sp³-hybridized carbons (Fsp3) is 0.294. The molecule has 0 radical (unpaired) electrons. The van der Waals surface area contributed by atoms with E-state index in [0.717, 1.165) is 29.9 Å². The Morgan fingerprint density at radius 3 is 2.25 bits per heavy atom. The number of hydrogen-bond acceptors (Lipinski definition) is 3. The zero-order valence-corrected chi connectivity index (χ0v) is 11.8. The van der Waals surface area contributed by atoms with Crippen LogP contribution in [0.4, 0.5) is 0 Å². The number of benzene rings is 2. The number of methoxy groups -OCH3 is 2. The molecule has 20 heavy (non-hydrogen) atoms. The lowest BCUT2D eigenvalue weighted by atomic mass is 9.85. The quantitative estimate of drug-likeness (QED) is 0.932. The highest BCUT2D eigenvalue weighted by atomic mass is 16.5. The lowest BCUT2D eigenvalue weighted by Gasteiger charge is -2.26. The zero-order chi connectivity index (χ0) is 14.2. The fourth-order valence-electron chi connectivity index (χ4n) is 2.97. The summed E-state index contributed by atoms with van der Waals surface area (Å²) in [4.78, 5) is 0. The molecule has 0 aromatic heterocycles. The van der Waals surface area contributed by atoms with E-state index in [1.165, 1.54) is 11.1 Å². The molecule has 1 unspecified atom stereocenters. The van der Waals surface area contributed by atoms with Gasteiger partial charge in [0.25, 0.3) is 0 Å². The maximum atomic E-state index is 6.71. The normalized spacial score (nSPS) is 20.6. The first-order chi connectivity index (χ1) is 9.67. The highest BCUT2D eigenvalue weighted by Crippen LogP contribution is 2.41. The molecule has 0 bridgehead atoms. The molecule has 2 aromatic carbocycles. The minimum absolute atomic E-state index is 0.434. The molecule has 3 heteroatoms. The number of nitrogens with two attached hydrogens (primary N) is 1. The Labute approximate surface area is 119 Å². The molecule has 1 aliphatic rings. The lowest BCUT2D eigenvalue weighted by molar-refractivity contribution is 0.412. The number of hydrogen-bond donors (Lipinski definition) is 1. The highest BCUT2D eigenvalue weighted by Gasteiger charge is 2.36. The van der Waals surface area contributed by atoms with Gasteiger partial charge >= 0.3 is 0 Å². The van der Waals surface area contributed by atoms with Crippen LogP contribution in [0.15, 0.2) is 42.5 Å². The first-order valence-corrected chi connectivity index (χ1v) is 6.78. The molecule has 0 amide bonds. The van der Waals surface area contributed by atoms with Crippen molar-refractivity contribution >= 4 is 0 Å². The van der Waals surface area contributed by atoms with Gasteiger partial charge in [-0.1, -0.05) is 18.2 Å². The highest BCUT2D eigenvalue weighted by molar-refractivity contribution is 5.50. The van der Waals surface area contributed by atoms with Crippen LogP contribution in [-0.2, 0) is 12.0 Å². The third-order valence-corrected chi connectivity index (χ3v) is 4.19. The topological polar surface area (TPSA) is 44.5 Å². The van der Waals surface area contributed by atoms with Crippen molar-refractivity contribution in [2.24, 2.45) is 5.73 Å². The Balaban J connectivity index is 2.06. The van der Waals surface area contributed by atoms with Crippen LogP contribution in [0.25, 0.3) is 0 Å². The summed E-state index contributed by atoms with van der Waals surface area (Å²) in [5.41, 5.74) is 9.87. The van der Waals surface area contributed by atoms with Crippen molar-refractivity contribution < 1.29 is 9.47 Å². The summed E-state index contributed by atoms with van der Waals surface area (Å²) in [5, 5.41) is 0. The maximum Gasteiger partial charge on any atom is 0.119 e. The van der Waals surface area contributed by atoms with Gasteiger partial charge < -0.3 is 15.2 Å². The number of ether oxygens (including phenoxy) is 2. The van der Waals surface area contributed by atoms with Crippen molar-refractivity contribution in [1.29, 1.82) is 0 Å². The predicted octanol–water partition coefficient (Wildman–Crippen LogP) is 2.85. The average molecular weight is 269 g/mol. The van der Waals surface area contributed by atoms with Crippen LogP contribution in [0.1, 0.15) is 23.1 Å². The number of fused-ring (bicyclic) bond motifs is 1. The van der Waals surface area contributed by atoms with Crippen LogP contribution in [0.5, 0.6) is 11.5 Å². The summed E-state index contributed by atoms with van der Waals surface area (Å²) in [7, 11) is 3.35. The third-order valence-electron chi connectivity index (χ3n) is 4.19. The van der Waals surface area contributed by atoms with Crippen LogP contribution in [0, 0.1) is 0 Å². The molecule has 0 spiro atoms.